The lowest BCUT2D eigenvalue weighted by Gasteiger charge is -2.29. The first-order valence-electron chi connectivity index (χ1n) is 10.9. The van der Waals surface area contributed by atoms with Gasteiger partial charge in [-0.3, -0.25) is 4.79 Å². The Labute approximate surface area is 208 Å². The molecule has 0 radical (unpaired) electrons. The van der Waals surface area contributed by atoms with Crippen LogP contribution >= 0.6 is 0 Å². The van der Waals surface area contributed by atoms with Crippen LogP contribution in [0.15, 0.2) is 24.3 Å². The zero-order chi connectivity index (χ0) is 27.2. The molecule has 0 fully saturated rings. The summed E-state index contributed by atoms with van der Waals surface area (Å²) < 4.78 is 10.4. The number of ether oxygens (including phenoxy) is 2. The third kappa shape index (κ3) is 4.29. The third-order valence-electron chi connectivity index (χ3n) is 5.99. The lowest BCUT2D eigenvalue weighted by Crippen LogP contribution is -2.22. The second-order valence-electron chi connectivity index (χ2n) is 8.34. The molecule has 12 heteroatoms. The molecule has 3 aromatic rings. The fraction of sp³-hybridized carbons (Fsp3) is 0.200. The molecular formula is C25H22O12. The van der Waals surface area contributed by atoms with Crippen LogP contribution in [0.1, 0.15) is 40.7 Å². The molecule has 1 aliphatic rings. The number of benzene rings is 3. The van der Waals surface area contributed by atoms with Gasteiger partial charge in [0.05, 0.1) is 12.2 Å². The quantitative estimate of drug-likeness (QED) is 0.140. The molecular weight excluding hydrogens is 492 g/mol. The zero-order valence-corrected chi connectivity index (χ0v) is 19.2. The molecule has 194 valence electrons. The molecule has 0 aliphatic carbocycles. The highest BCUT2D eigenvalue weighted by Crippen LogP contribution is 2.53. The molecule has 0 saturated heterocycles. The number of carbonyl (C=O) groups excluding carboxylic acids is 1. The van der Waals surface area contributed by atoms with E-state index >= 15 is 0 Å². The van der Waals surface area contributed by atoms with E-state index in [0.717, 1.165) is 18.2 Å². The van der Waals surface area contributed by atoms with Gasteiger partial charge in [-0.2, -0.15) is 0 Å². The van der Waals surface area contributed by atoms with Crippen LogP contribution in [0, 0.1) is 0 Å². The van der Waals surface area contributed by atoms with Crippen molar-refractivity contribution in [3.05, 3.63) is 41.0 Å². The molecule has 1 aliphatic heterocycles. The van der Waals surface area contributed by atoms with Crippen LogP contribution in [0.3, 0.4) is 0 Å². The molecule has 0 aromatic heterocycles. The average Bonchev–Trinajstić information content (AvgIpc) is 2.84. The highest BCUT2D eigenvalue weighted by atomic mass is 16.5. The summed E-state index contributed by atoms with van der Waals surface area (Å²) in [5, 5.41) is 82.5. The lowest BCUT2D eigenvalue weighted by molar-refractivity contribution is -0.134. The van der Waals surface area contributed by atoms with Crippen molar-refractivity contribution in [3.8, 4) is 62.9 Å². The van der Waals surface area contributed by atoms with Crippen LogP contribution in [0.2, 0.25) is 0 Å². The van der Waals surface area contributed by atoms with Crippen LogP contribution in [-0.4, -0.2) is 59.4 Å². The first-order valence-corrected chi connectivity index (χ1v) is 10.9. The van der Waals surface area contributed by atoms with E-state index in [1.165, 1.54) is 13.0 Å². The van der Waals surface area contributed by atoms with Gasteiger partial charge in [0, 0.05) is 41.2 Å². The van der Waals surface area contributed by atoms with Crippen molar-refractivity contribution < 1.29 is 59.9 Å². The molecule has 0 amide bonds. The van der Waals surface area contributed by atoms with Crippen LogP contribution < -0.4 is 9.47 Å². The number of aromatic hydroxyl groups is 7. The van der Waals surface area contributed by atoms with Gasteiger partial charge < -0.3 is 50.3 Å². The number of carboxylic acids is 1. The van der Waals surface area contributed by atoms with E-state index in [2.05, 4.69) is 0 Å². The monoisotopic (exact) mass is 514 g/mol. The molecule has 1 heterocycles. The number of phenols is 7. The van der Waals surface area contributed by atoms with Crippen molar-refractivity contribution in [2.45, 2.75) is 25.7 Å². The van der Waals surface area contributed by atoms with Crippen LogP contribution in [0.4, 0.5) is 0 Å². The van der Waals surface area contributed by atoms with Crippen LogP contribution in [0.25, 0.3) is 11.1 Å². The van der Waals surface area contributed by atoms with Gasteiger partial charge in [0.1, 0.15) is 17.2 Å². The number of rotatable bonds is 5. The van der Waals surface area contributed by atoms with E-state index < -0.39 is 63.5 Å². The highest BCUT2D eigenvalue weighted by molar-refractivity contribution is 6.02. The van der Waals surface area contributed by atoms with Gasteiger partial charge >= 0.3 is 11.9 Å². The second kappa shape index (κ2) is 9.22. The Morgan fingerprint density at radius 1 is 0.919 bits per heavy atom. The highest BCUT2D eigenvalue weighted by Gasteiger charge is 2.36. The summed E-state index contributed by atoms with van der Waals surface area (Å²) in [6, 6.07) is 4.12. The maximum absolute atomic E-state index is 12.4. The number of carbonyl (C=O) groups is 2. The summed E-state index contributed by atoms with van der Waals surface area (Å²) in [7, 11) is 0. The number of fused-ring (bicyclic) bond motifs is 1. The van der Waals surface area contributed by atoms with Gasteiger partial charge in [0.2, 0.25) is 11.5 Å². The number of hydrogen-bond donors (Lipinski definition) is 8. The van der Waals surface area contributed by atoms with Crippen molar-refractivity contribution in [1.29, 1.82) is 0 Å². The SMILES string of the molecule is CCC(=O)Oc1c(O)cc(-c2c(O)c(O)c(O)c(C3COc4cc(O)cc(O)c4C3)c2C(=O)O)cc1O. The van der Waals surface area contributed by atoms with E-state index in [-0.39, 0.29) is 53.4 Å². The molecule has 1 atom stereocenters. The summed E-state index contributed by atoms with van der Waals surface area (Å²) in [4.78, 5) is 24.0. The second-order valence-corrected chi connectivity index (χ2v) is 8.34. The number of esters is 1. The Kier molecular flexibility index (Phi) is 6.26. The van der Waals surface area contributed by atoms with Crippen LogP contribution in [0.5, 0.6) is 51.7 Å². The van der Waals surface area contributed by atoms with E-state index in [1.807, 2.05) is 0 Å². The fourth-order valence-corrected chi connectivity index (χ4v) is 4.30. The summed E-state index contributed by atoms with van der Waals surface area (Å²) in [6.07, 6.45) is -0.150. The maximum Gasteiger partial charge on any atom is 0.336 e. The van der Waals surface area contributed by atoms with Gasteiger partial charge in [-0.25, -0.2) is 4.79 Å². The fourth-order valence-electron chi connectivity index (χ4n) is 4.30. The minimum absolute atomic E-state index is 0.0679. The summed E-state index contributed by atoms with van der Waals surface area (Å²) >= 11 is 0. The average molecular weight is 514 g/mol. The standard InChI is InChI=1S/C25H22O12/c1-2-17(30)37-24-14(28)4-9(5-15(24)29)18-20(25(34)35)19(22(32)23(33)21(18)31)10-3-12-13(27)6-11(26)7-16(12)36-8-10/h4-7,10,26-29,31-33H,2-3,8H2,1H3,(H,34,35). The molecule has 1 unspecified atom stereocenters. The first-order chi connectivity index (χ1) is 17.4. The smallest absolute Gasteiger partial charge is 0.336 e. The van der Waals surface area contributed by atoms with Crippen molar-refractivity contribution in [2.24, 2.45) is 0 Å². The summed E-state index contributed by atoms with van der Waals surface area (Å²) in [5.74, 6) is -9.04. The Morgan fingerprint density at radius 3 is 2.16 bits per heavy atom. The lowest BCUT2D eigenvalue weighted by atomic mass is 9.82. The van der Waals surface area contributed by atoms with E-state index in [0.29, 0.717) is 0 Å². The Bertz CT molecular complexity index is 1420. The number of hydrogen-bond acceptors (Lipinski definition) is 11. The van der Waals surface area contributed by atoms with Gasteiger partial charge in [0.15, 0.2) is 23.0 Å². The van der Waals surface area contributed by atoms with Crippen molar-refractivity contribution >= 4 is 11.9 Å². The molecule has 12 nitrogen and oxygen atoms in total. The first kappa shape index (κ1) is 25.1. The zero-order valence-electron chi connectivity index (χ0n) is 19.2. The Morgan fingerprint density at radius 2 is 1.57 bits per heavy atom. The predicted molar refractivity (Wildman–Crippen MR) is 125 cm³/mol. The maximum atomic E-state index is 12.4. The predicted octanol–water partition coefficient (Wildman–Crippen LogP) is 3.03. The van der Waals surface area contributed by atoms with E-state index in [9.17, 15) is 50.4 Å². The van der Waals surface area contributed by atoms with Crippen molar-refractivity contribution in [2.75, 3.05) is 6.61 Å². The summed E-state index contributed by atoms with van der Waals surface area (Å²) in [6.45, 7) is 1.24. The Balaban J connectivity index is 1.92. The third-order valence-corrected chi connectivity index (χ3v) is 5.99. The topological polar surface area (TPSA) is 214 Å². The van der Waals surface area contributed by atoms with Crippen molar-refractivity contribution in [3.63, 3.8) is 0 Å². The molecule has 0 spiro atoms. The van der Waals surface area contributed by atoms with Gasteiger partial charge in [-0.05, 0) is 24.1 Å². The number of aromatic carboxylic acids is 1. The van der Waals surface area contributed by atoms with Gasteiger partial charge in [0.25, 0.3) is 0 Å². The molecule has 0 bridgehead atoms. The molecule has 3 aromatic carbocycles. The minimum atomic E-state index is -1.64. The molecule has 37 heavy (non-hydrogen) atoms. The molecule has 8 N–H and O–H groups in total. The Hall–Kier alpha value is -5.00. The number of carboxylic acid groups (broad SMARTS) is 1. The minimum Gasteiger partial charge on any atom is -0.508 e. The van der Waals surface area contributed by atoms with E-state index in [4.69, 9.17) is 9.47 Å². The molecule has 0 saturated carbocycles. The van der Waals surface area contributed by atoms with Crippen LogP contribution in [-0.2, 0) is 11.2 Å². The van der Waals surface area contributed by atoms with Gasteiger partial charge in [-0.1, -0.05) is 6.92 Å². The van der Waals surface area contributed by atoms with Crippen molar-refractivity contribution in [1.82, 2.24) is 0 Å². The van der Waals surface area contributed by atoms with Gasteiger partial charge in [-0.15, -0.1) is 0 Å². The summed E-state index contributed by atoms with van der Waals surface area (Å²) in [5.41, 5.74) is -1.67. The normalized spacial score (nSPS) is 14.5. The largest absolute Gasteiger partial charge is 0.508 e. The van der Waals surface area contributed by atoms with E-state index in [1.54, 1.807) is 0 Å². The number of phenolic OH excluding ortho intramolecular Hbond substituents is 7. The molecule has 4 rings (SSSR count).